The van der Waals surface area contributed by atoms with E-state index in [1.807, 2.05) is 6.92 Å². The van der Waals surface area contributed by atoms with Crippen molar-refractivity contribution in [1.29, 1.82) is 0 Å². The SMILES string of the molecule is Cc1cc(S(=O)(=O)NC(=O)c2ccnc(C3CCCC3)n2)c(C)s1. The van der Waals surface area contributed by atoms with Gasteiger partial charge in [-0.2, -0.15) is 0 Å². The second-order valence-electron chi connectivity index (χ2n) is 5.99. The Morgan fingerprint density at radius 1 is 1.29 bits per heavy atom. The lowest BCUT2D eigenvalue weighted by atomic mass is 10.1. The lowest BCUT2D eigenvalue weighted by Gasteiger charge is -2.09. The van der Waals surface area contributed by atoms with Crippen LogP contribution < -0.4 is 4.72 Å². The second kappa shape index (κ2) is 6.60. The van der Waals surface area contributed by atoms with E-state index in [4.69, 9.17) is 0 Å². The van der Waals surface area contributed by atoms with Gasteiger partial charge < -0.3 is 0 Å². The van der Waals surface area contributed by atoms with E-state index >= 15 is 0 Å². The average molecular weight is 365 g/mol. The van der Waals surface area contributed by atoms with Gasteiger partial charge in [0.15, 0.2) is 0 Å². The minimum Gasteiger partial charge on any atom is -0.266 e. The van der Waals surface area contributed by atoms with Gasteiger partial charge in [0.2, 0.25) is 0 Å². The van der Waals surface area contributed by atoms with E-state index in [2.05, 4.69) is 14.7 Å². The van der Waals surface area contributed by atoms with Crippen molar-refractivity contribution in [2.24, 2.45) is 0 Å². The van der Waals surface area contributed by atoms with E-state index in [0.29, 0.717) is 10.7 Å². The van der Waals surface area contributed by atoms with Gasteiger partial charge >= 0.3 is 0 Å². The van der Waals surface area contributed by atoms with Crippen LogP contribution in [0.1, 0.15) is 57.7 Å². The van der Waals surface area contributed by atoms with Crippen molar-refractivity contribution < 1.29 is 13.2 Å². The Morgan fingerprint density at radius 2 is 2.00 bits per heavy atom. The minimum atomic E-state index is -3.90. The summed E-state index contributed by atoms with van der Waals surface area (Å²) in [5.74, 6) is 0.163. The first-order valence-electron chi connectivity index (χ1n) is 7.84. The molecule has 1 aliphatic rings. The predicted molar refractivity (Wildman–Crippen MR) is 91.7 cm³/mol. The highest BCUT2D eigenvalue weighted by atomic mass is 32.2. The van der Waals surface area contributed by atoms with Gasteiger partial charge in [-0.25, -0.2) is 23.1 Å². The monoisotopic (exact) mass is 365 g/mol. The predicted octanol–water partition coefficient (Wildman–Crippen LogP) is 2.93. The van der Waals surface area contributed by atoms with Crippen molar-refractivity contribution in [2.75, 3.05) is 0 Å². The molecule has 1 amide bonds. The summed E-state index contributed by atoms with van der Waals surface area (Å²) in [4.78, 5) is 22.5. The molecule has 0 saturated heterocycles. The number of aromatic nitrogens is 2. The molecular formula is C16H19N3O3S2. The highest BCUT2D eigenvalue weighted by molar-refractivity contribution is 7.90. The van der Waals surface area contributed by atoms with Crippen LogP contribution in [0.3, 0.4) is 0 Å². The molecule has 24 heavy (non-hydrogen) atoms. The number of thiophene rings is 1. The van der Waals surface area contributed by atoms with E-state index in [1.54, 1.807) is 13.0 Å². The molecule has 0 atom stereocenters. The molecule has 1 fully saturated rings. The summed E-state index contributed by atoms with van der Waals surface area (Å²) in [6, 6.07) is 3.01. The van der Waals surface area contributed by atoms with Crippen LogP contribution in [0.25, 0.3) is 0 Å². The molecule has 128 valence electrons. The van der Waals surface area contributed by atoms with Crippen molar-refractivity contribution in [3.63, 3.8) is 0 Å². The Bertz CT molecular complexity index is 868. The molecule has 0 radical (unpaired) electrons. The van der Waals surface area contributed by atoms with Crippen molar-refractivity contribution in [1.82, 2.24) is 14.7 Å². The fraction of sp³-hybridized carbons (Fsp3) is 0.438. The quantitative estimate of drug-likeness (QED) is 0.900. The number of amides is 1. The van der Waals surface area contributed by atoms with Crippen LogP contribution in [0.4, 0.5) is 0 Å². The van der Waals surface area contributed by atoms with Gasteiger partial charge in [-0.15, -0.1) is 11.3 Å². The van der Waals surface area contributed by atoms with E-state index in [-0.39, 0.29) is 16.5 Å². The van der Waals surface area contributed by atoms with Crippen LogP contribution in [0, 0.1) is 13.8 Å². The van der Waals surface area contributed by atoms with Gasteiger partial charge in [0.25, 0.3) is 15.9 Å². The molecule has 1 N–H and O–H groups in total. The topological polar surface area (TPSA) is 89.0 Å². The maximum atomic E-state index is 12.4. The number of rotatable bonds is 4. The zero-order valence-corrected chi connectivity index (χ0v) is 15.2. The minimum absolute atomic E-state index is 0.0834. The normalized spacial score (nSPS) is 15.6. The number of aryl methyl sites for hydroxylation is 2. The molecule has 6 nitrogen and oxygen atoms in total. The third-order valence-electron chi connectivity index (χ3n) is 4.14. The number of hydrogen-bond donors (Lipinski definition) is 1. The molecule has 2 aromatic heterocycles. The number of carbonyl (C=O) groups is 1. The number of hydrogen-bond acceptors (Lipinski definition) is 6. The summed E-state index contributed by atoms with van der Waals surface area (Å²) in [7, 11) is -3.90. The van der Waals surface area contributed by atoms with Crippen LogP contribution in [-0.4, -0.2) is 24.3 Å². The molecule has 0 spiro atoms. The maximum absolute atomic E-state index is 12.4. The standard InChI is InChI=1S/C16H19N3O3S2/c1-10-9-14(11(2)23-10)24(21,22)19-16(20)13-7-8-17-15(18-13)12-5-3-4-6-12/h7-9,12H,3-6H2,1-2H3,(H,19,20). The summed E-state index contributed by atoms with van der Waals surface area (Å²) < 4.78 is 27.0. The van der Waals surface area contributed by atoms with Gasteiger partial charge in [-0.1, -0.05) is 12.8 Å². The highest BCUT2D eigenvalue weighted by Gasteiger charge is 2.25. The Labute approximate surface area is 145 Å². The summed E-state index contributed by atoms with van der Waals surface area (Å²) in [6.07, 6.45) is 5.81. The van der Waals surface area contributed by atoms with E-state index in [0.717, 1.165) is 30.6 Å². The van der Waals surface area contributed by atoms with Crippen LogP contribution in [-0.2, 0) is 10.0 Å². The van der Waals surface area contributed by atoms with E-state index in [1.165, 1.54) is 23.6 Å². The molecule has 0 aromatic carbocycles. The average Bonchev–Trinajstić information content (AvgIpc) is 3.17. The summed E-state index contributed by atoms with van der Waals surface area (Å²) >= 11 is 1.38. The van der Waals surface area contributed by atoms with Crippen LogP contribution in [0.5, 0.6) is 0 Å². The van der Waals surface area contributed by atoms with Crippen molar-refractivity contribution in [3.05, 3.63) is 39.6 Å². The summed E-state index contributed by atoms with van der Waals surface area (Å²) in [5, 5.41) is 0. The van der Waals surface area contributed by atoms with Gasteiger partial charge in [-0.05, 0) is 38.8 Å². The third-order valence-corrected chi connectivity index (χ3v) is 6.69. The molecule has 8 heteroatoms. The number of sulfonamides is 1. The first-order valence-corrected chi connectivity index (χ1v) is 10.1. The molecule has 2 aromatic rings. The van der Waals surface area contributed by atoms with E-state index in [9.17, 15) is 13.2 Å². The van der Waals surface area contributed by atoms with Crippen molar-refractivity contribution in [3.8, 4) is 0 Å². The third kappa shape index (κ3) is 3.49. The molecule has 3 rings (SSSR count). The summed E-state index contributed by atoms with van der Waals surface area (Å²) in [6.45, 7) is 3.55. The van der Waals surface area contributed by atoms with Crippen LogP contribution >= 0.6 is 11.3 Å². The Morgan fingerprint density at radius 3 is 2.62 bits per heavy atom. The molecule has 1 saturated carbocycles. The fourth-order valence-electron chi connectivity index (χ4n) is 2.98. The zero-order valence-electron chi connectivity index (χ0n) is 13.6. The van der Waals surface area contributed by atoms with Crippen molar-refractivity contribution in [2.45, 2.75) is 50.3 Å². The highest BCUT2D eigenvalue weighted by Crippen LogP contribution is 2.31. The van der Waals surface area contributed by atoms with Gasteiger partial charge in [0.1, 0.15) is 16.4 Å². The Hall–Kier alpha value is -1.80. The lowest BCUT2D eigenvalue weighted by molar-refractivity contribution is 0.0976. The zero-order chi connectivity index (χ0) is 17.3. The molecular weight excluding hydrogens is 346 g/mol. The Balaban J connectivity index is 1.82. The van der Waals surface area contributed by atoms with Crippen molar-refractivity contribution >= 4 is 27.3 Å². The van der Waals surface area contributed by atoms with Crippen LogP contribution in [0.2, 0.25) is 0 Å². The molecule has 0 aliphatic heterocycles. The fourth-order valence-corrected chi connectivity index (χ4v) is 5.50. The summed E-state index contributed by atoms with van der Waals surface area (Å²) in [5.41, 5.74) is 0.0834. The largest absolute Gasteiger partial charge is 0.283 e. The first kappa shape index (κ1) is 17.0. The number of carbonyl (C=O) groups excluding carboxylic acids is 1. The van der Waals surface area contributed by atoms with Gasteiger partial charge in [0.05, 0.1) is 0 Å². The molecule has 0 unspecified atom stereocenters. The second-order valence-corrected chi connectivity index (χ2v) is 9.10. The smallest absolute Gasteiger partial charge is 0.266 e. The number of nitrogens with one attached hydrogen (secondary N) is 1. The molecule has 2 heterocycles. The molecule has 1 aliphatic carbocycles. The van der Waals surface area contributed by atoms with Gasteiger partial charge in [0, 0.05) is 21.9 Å². The van der Waals surface area contributed by atoms with Crippen LogP contribution in [0.15, 0.2) is 23.2 Å². The maximum Gasteiger partial charge on any atom is 0.283 e. The van der Waals surface area contributed by atoms with Gasteiger partial charge in [-0.3, -0.25) is 4.79 Å². The first-order chi connectivity index (χ1) is 11.4. The molecule has 0 bridgehead atoms. The number of nitrogens with zero attached hydrogens (tertiary/aromatic N) is 2. The Kier molecular flexibility index (Phi) is 4.69. The lowest BCUT2D eigenvalue weighted by Crippen LogP contribution is -2.31. The van der Waals surface area contributed by atoms with E-state index < -0.39 is 15.9 Å².